The number of aryl methyl sites for hydroxylation is 2. The molecule has 0 saturated heterocycles. The lowest BCUT2D eigenvalue weighted by Gasteiger charge is -2.28. The zero-order valence-corrected chi connectivity index (χ0v) is 23.1. The van der Waals surface area contributed by atoms with Crippen LogP contribution in [0.2, 0.25) is 10.0 Å². The number of allylic oxidation sites excluding steroid dienone is 2. The maximum Gasteiger partial charge on any atom is 0.254 e. The van der Waals surface area contributed by atoms with Crippen molar-refractivity contribution in [2.75, 3.05) is 16.4 Å². The van der Waals surface area contributed by atoms with Crippen LogP contribution in [0, 0.1) is 25.2 Å². The van der Waals surface area contributed by atoms with Gasteiger partial charge in [0.25, 0.3) is 5.91 Å². The van der Waals surface area contributed by atoms with Crippen LogP contribution in [0.15, 0.2) is 81.1 Å². The lowest BCUT2D eigenvalue weighted by atomic mass is 9.85. The Morgan fingerprint density at radius 1 is 1.08 bits per heavy atom. The van der Waals surface area contributed by atoms with E-state index in [1.165, 1.54) is 24.1 Å². The molecule has 7 nitrogen and oxygen atoms in total. The molecule has 194 valence electrons. The molecule has 0 bridgehead atoms. The molecular weight excluding hydrogens is 543 g/mol. The predicted molar refractivity (Wildman–Crippen MR) is 152 cm³/mol. The van der Waals surface area contributed by atoms with Crippen LogP contribution in [0.25, 0.3) is 0 Å². The van der Waals surface area contributed by atoms with E-state index >= 15 is 0 Å². The normalized spacial score (nSPS) is 15.1. The number of dihydropyridines is 1. The Labute approximate surface area is 234 Å². The van der Waals surface area contributed by atoms with Gasteiger partial charge in [-0.3, -0.25) is 9.59 Å². The topological polar surface area (TPSA) is 107 Å². The van der Waals surface area contributed by atoms with Crippen molar-refractivity contribution in [1.82, 2.24) is 5.32 Å². The van der Waals surface area contributed by atoms with Crippen LogP contribution in [0.4, 0.5) is 11.4 Å². The van der Waals surface area contributed by atoms with Gasteiger partial charge in [0.05, 0.1) is 50.9 Å². The van der Waals surface area contributed by atoms with Crippen molar-refractivity contribution in [2.24, 2.45) is 0 Å². The number of furan rings is 1. The predicted octanol–water partition coefficient (Wildman–Crippen LogP) is 6.91. The Hall–Kier alpha value is -3.64. The third-order valence-corrected chi connectivity index (χ3v) is 7.32. The molecule has 38 heavy (non-hydrogen) atoms. The zero-order chi connectivity index (χ0) is 27.4. The van der Waals surface area contributed by atoms with Crippen LogP contribution in [0.3, 0.4) is 0 Å². The number of nitrogens with zero attached hydrogens (tertiary/aromatic N) is 1. The highest BCUT2D eigenvalue weighted by molar-refractivity contribution is 8.03. The largest absolute Gasteiger partial charge is 0.468 e. The van der Waals surface area contributed by atoms with Crippen molar-refractivity contribution in [3.8, 4) is 6.07 Å². The minimum absolute atomic E-state index is 0.0561. The molecule has 0 fully saturated rings. The first-order chi connectivity index (χ1) is 18.2. The molecule has 1 atom stereocenters. The van der Waals surface area contributed by atoms with E-state index in [9.17, 15) is 14.9 Å². The first kappa shape index (κ1) is 27.4. The summed E-state index contributed by atoms with van der Waals surface area (Å²) in [5.74, 6) is -0.978. The van der Waals surface area contributed by atoms with E-state index in [0.717, 1.165) is 11.1 Å². The highest BCUT2D eigenvalue weighted by atomic mass is 35.5. The molecule has 0 aliphatic carbocycles. The van der Waals surface area contributed by atoms with Crippen LogP contribution >= 0.6 is 35.0 Å². The summed E-state index contributed by atoms with van der Waals surface area (Å²) < 4.78 is 5.64. The van der Waals surface area contributed by atoms with Crippen molar-refractivity contribution in [2.45, 2.75) is 26.7 Å². The molecule has 0 spiro atoms. The molecule has 0 unspecified atom stereocenters. The molecule has 10 heteroatoms. The molecule has 2 aromatic carbocycles. The Kier molecular flexibility index (Phi) is 8.52. The highest BCUT2D eigenvalue weighted by Gasteiger charge is 2.36. The number of nitriles is 1. The standard InChI is InChI=1S/C28H24Cl2N4O3S/c1-15-9-16(2)11-19(10-15)33-24(35)14-38-28-20(13-31)26(23-5-4-8-37-23)25(17(3)32-28)27(36)34-22-7-6-18(29)12-21(22)30/h4-12,26,32H,14H2,1-3H3,(H,33,35)(H,34,36)/t26-/m0/s1. The fourth-order valence-electron chi connectivity index (χ4n) is 4.23. The van der Waals surface area contributed by atoms with Gasteiger partial charge >= 0.3 is 0 Å². The van der Waals surface area contributed by atoms with Crippen LogP contribution in [0.5, 0.6) is 0 Å². The fraction of sp³-hybridized carbons (Fsp3) is 0.179. The first-order valence-corrected chi connectivity index (χ1v) is 13.3. The van der Waals surface area contributed by atoms with E-state index in [0.29, 0.717) is 38.5 Å². The number of amides is 2. The molecular formula is C28H24Cl2N4O3S. The van der Waals surface area contributed by atoms with Crippen molar-refractivity contribution >= 4 is 58.2 Å². The van der Waals surface area contributed by atoms with E-state index in [1.807, 2.05) is 32.0 Å². The maximum atomic E-state index is 13.5. The van der Waals surface area contributed by atoms with Crippen LogP contribution in [0.1, 0.15) is 29.7 Å². The van der Waals surface area contributed by atoms with E-state index in [2.05, 4.69) is 22.0 Å². The average molecular weight is 567 g/mol. The number of benzene rings is 2. The van der Waals surface area contributed by atoms with Gasteiger partial charge in [0, 0.05) is 16.4 Å². The first-order valence-electron chi connectivity index (χ1n) is 11.6. The number of thioether (sulfide) groups is 1. The fourth-order valence-corrected chi connectivity index (χ4v) is 5.58. The summed E-state index contributed by atoms with van der Waals surface area (Å²) >= 11 is 13.4. The van der Waals surface area contributed by atoms with Gasteiger partial charge in [-0.2, -0.15) is 5.26 Å². The summed E-state index contributed by atoms with van der Waals surface area (Å²) in [4.78, 5) is 26.2. The number of rotatable bonds is 7. The second-order valence-electron chi connectivity index (χ2n) is 8.76. The van der Waals surface area contributed by atoms with Crippen molar-refractivity contribution in [3.63, 3.8) is 0 Å². The van der Waals surface area contributed by atoms with Crippen LogP contribution < -0.4 is 16.0 Å². The Balaban J connectivity index is 1.59. The number of halogens is 2. The lowest BCUT2D eigenvalue weighted by Crippen LogP contribution is -2.31. The summed E-state index contributed by atoms with van der Waals surface area (Å²) in [5, 5.41) is 20.2. The van der Waals surface area contributed by atoms with Gasteiger partial charge in [-0.1, -0.05) is 41.0 Å². The summed E-state index contributed by atoms with van der Waals surface area (Å²) in [6.45, 7) is 5.66. The zero-order valence-electron chi connectivity index (χ0n) is 20.8. The number of nitrogens with one attached hydrogen (secondary N) is 3. The summed E-state index contributed by atoms with van der Waals surface area (Å²) in [6, 6.07) is 16.2. The molecule has 1 aromatic heterocycles. The SMILES string of the molecule is CC1=C(C(=O)Nc2ccc(Cl)cc2Cl)[C@H](c2ccco2)C(C#N)=C(SCC(=O)Nc2cc(C)cc(C)c2)N1. The van der Waals surface area contributed by atoms with Crippen molar-refractivity contribution < 1.29 is 14.0 Å². The lowest BCUT2D eigenvalue weighted by molar-refractivity contribution is -0.114. The molecule has 3 N–H and O–H groups in total. The Morgan fingerprint density at radius 3 is 2.45 bits per heavy atom. The monoisotopic (exact) mass is 566 g/mol. The van der Waals surface area contributed by atoms with Crippen molar-refractivity contribution in [1.29, 1.82) is 5.26 Å². The molecule has 4 rings (SSSR count). The number of hydrogen-bond donors (Lipinski definition) is 3. The van der Waals surface area contributed by atoms with Gasteiger partial charge in [-0.05, 0) is 74.4 Å². The molecule has 0 radical (unpaired) electrons. The molecule has 2 amide bonds. The van der Waals surface area contributed by atoms with E-state index < -0.39 is 11.8 Å². The van der Waals surface area contributed by atoms with Gasteiger partial charge in [0.1, 0.15) is 5.76 Å². The minimum atomic E-state index is -0.785. The van der Waals surface area contributed by atoms with Crippen LogP contribution in [-0.2, 0) is 9.59 Å². The molecule has 1 aliphatic heterocycles. The molecule has 0 saturated carbocycles. The third-order valence-electron chi connectivity index (χ3n) is 5.75. The highest BCUT2D eigenvalue weighted by Crippen LogP contribution is 2.41. The van der Waals surface area contributed by atoms with Gasteiger partial charge in [-0.15, -0.1) is 0 Å². The third kappa shape index (κ3) is 6.25. The number of hydrogen-bond acceptors (Lipinski definition) is 6. The maximum absolute atomic E-state index is 13.5. The van der Waals surface area contributed by atoms with Gasteiger partial charge in [0.2, 0.25) is 5.91 Å². The second kappa shape index (κ2) is 11.8. The average Bonchev–Trinajstić information content (AvgIpc) is 3.38. The summed E-state index contributed by atoms with van der Waals surface area (Å²) in [7, 11) is 0. The van der Waals surface area contributed by atoms with Gasteiger partial charge in [-0.25, -0.2) is 0 Å². The molecule has 1 aliphatic rings. The van der Waals surface area contributed by atoms with E-state index in [4.69, 9.17) is 27.6 Å². The van der Waals surface area contributed by atoms with Crippen molar-refractivity contribution in [3.05, 3.63) is 104 Å². The number of carbonyl (C=O) groups is 2. The summed E-state index contributed by atoms with van der Waals surface area (Å²) in [5.41, 5.74) is 4.26. The molecule has 2 heterocycles. The van der Waals surface area contributed by atoms with Crippen LogP contribution in [-0.4, -0.2) is 17.6 Å². The quantitative estimate of drug-likeness (QED) is 0.287. The van der Waals surface area contributed by atoms with Gasteiger partial charge in [0.15, 0.2) is 0 Å². The minimum Gasteiger partial charge on any atom is -0.468 e. The van der Waals surface area contributed by atoms with E-state index in [-0.39, 0.29) is 22.3 Å². The van der Waals surface area contributed by atoms with Gasteiger partial charge < -0.3 is 20.4 Å². The molecule has 3 aromatic rings. The smallest absolute Gasteiger partial charge is 0.254 e. The number of carbonyl (C=O) groups excluding carboxylic acids is 2. The summed E-state index contributed by atoms with van der Waals surface area (Å²) in [6.07, 6.45) is 1.48. The Morgan fingerprint density at radius 2 is 1.82 bits per heavy atom. The second-order valence-corrected chi connectivity index (χ2v) is 10.6. The Bertz CT molecular complexity index is 1490. The van der Waals surface area contributed by atoms with E-state index in [1.54, 1.807) is 31.2 Å². The number of anilines is 2.